The summed E-state index contributed by atoms with van der Waals surface area (Å²) in [6.45, 7) is 4.71. The molecule has 152 valence electrons. The largest absolute Gasteiger partial charge is 0.492 e. The van der Waals surface area contributed by atoms with Gasteiger partial charge in [0.2, 0.25) is 0 Å². The van der Waals surface area contributed by atoms with Crippen LogP contribution < -0.4 is 4.74 Å². The molecule has 0 unspecified atom stereocenters. The Morgan fingerprint density at radius 3 is 2.59 bits per heavy atom. The summed E-state index contributed by atoms with van der Waals surface area (Å²) in [5.41, 5.74) is 2.63. The maximum atomic E-state index is 13.0. The lowest BCUT2D eigenvalue weighted by atomic mass is 10.2. The van der Waals surface area contributed by atoms with Crippen LogP contribution in [-0.2, 0) is 5.75 Å². The van der Waals surface area contributed by atoms with Crippen molar-refractivity contribution in [2.45, 2.75) is 24.5 Å². The number of carbonyl (C=O) groups is 1. The molecular weight excluding hydrogens is 408 g/mol. The molecule has 0 aliphatic carbocycles. The van der Waals surface area contributed by atoms with Crippen LogP contribution in [0.5, 0.6) is 5.75 Å². The van der Waals surface area contributed by atoms with Gasteiger partial charge in [-0.1, -0.05) is 28.9 Å². The van der Waals surface area contributed by atoms with Crippen molar-refractivity contribution in [1.29, 1.82) is 0 Å². The van der Waals surface area contributed by atoms with Gasteiger partial charge in [-0.2, -0.15) is 0 Å². The number of aryl methyl sites for hydroxylation is 2. The van der Waals surface area contributed by atoms with Crippen molar-refractivity contribution in [3.8, 4) is 5.75 Å². The molecule has 0 fully saturated rings. The predicted molar refractivity (Wildman–Crippen MR) is 116 cm³/mol. The van der Waals surface area contributed by atoms with Crippen molar-refractivity contribution >= 4 is 29.3 Å². The highest BCUT2D eigenvalue weighted by molar-refractivity contribution is 7.98. The molecule has 5 nitrogen and oxygen atoms in total. The smallest absolute Gasteiger partial charge is 0.254 e. The minimum atomic E-state index is -0.0356. The quantitative estimate of drug-likeness (QED) is 0.448. The van der Waals surface area contributed by atoms with E-state index in [2.05, 4.69) is 5.16 Å². The molecule has 0 atom stereocenters. The number of benzene rings is 2. The number of nitrogens with zero attached hydrogens (tertiary/aromatic N) is 2. The van der Waals surface area contributed by atoms with Gasteiger partial charge in [-0.25, -0.2) is 0 Å². The van der Waals surface area contributed by atoms with Crippen molar-refractivity contribution < 1.29 is 14.1 Å². The van der Waals surface area contributed by atoms with Crippen molar-refractivity contribution in [3.63, 3.8) is 0 Å². The molecule has 7 heteroatoms. The first-order chi connectivity index (χ1) is 14.0. The van der Waals surface area contributed by atoms with Crippen LogP contribution in [0.2, 0.25) is 5.02 Å². The number of likely N-dealkylation sites (N-methyl/N-ethyl adjacent to an activating group) is 1. The number of carbonyl (C=O) groups excluding carboxylic acids is 1. The summed E-state index contributed by atoms with van der Waals surface area (Å²) in [7, 11) is 1.78. The number of hydrogen-bond acceptors (Lipinski definition) is 5. The van der Waals surface area contributed by atoms with Gasteiger partial charge in [-0.15, -0.1) is 11.8 Å². The molecule has 0 radical (unpaired) electrons. The Kier molecular flexibility index (Phi) is 7.23. The molecule has 0 aliphatic heterocycles. The molecule has 0 aliphatic rings. The zero-order valence-electron chi connectivity index (χ0n) is 16.6. The monoisotopic (exact) mass is 430 g/mol. The van der Waals surface area contributed by atoms with Gasteiger partial charge in [0.05, 0.1) is 17.8 Å². The Balaban J connectivity index is 1.60. The summed E-state index contributed by atoms with van der Waals surface area (Å²) in [4.78, 5) is 15.6. The third-order valence-electron chi connectivity index (χ3n) is 4.53. The number of halogens is 1. The maximum absolute atomic E-state index is 13.0. The van der Waals surface area contributed by atoms with Gasteiger partial charge in [-0.3, -0.25) is 4.79 Å². The van der Waals surface area contributed by atoms with Gasteiger partial charge < -0.3 is 14.2 Å². The molecule has 1 amide bonds. The van der Waals surface area contributed by atoms with E-state index in [0.717, 1.165) is 27.7 Å². The highest BCUT2D eigenvalue weighted by atomic mass is 35.5. The van der Waals surface area contributed by atoms with Crippen LogP contribution in [-0.4, -0.2) is 36.2 Å². The van der Waals surface area contributed by atoms with Crippen LogP contribution in [0.25, 0.3) is 0 Å². The average molecular weight is 431 g/mol. The standard InChI is InChI=1S/C22H23ClN2O3S/c1-15-20(16(2)28-24-15)14-29-21-7-5-4-6-19(21)22(26)25(3)12-13-27-18-10-8-17(23)9-11-18/h4-11H,12-14H2,1-3H3. The molecule has 0 N–H and O–H groups in total. The van der Waals surface area contributed by atoms with E-state index < -0.39 is 0 Å². The Morgan fingerprint density at radius 2 is 1.90 bits per heavy atom. The highest BCUT2D eigenvalue weighted by Crippen LogP contribution is 2.29. The zero-order valence-corrected chi connectivity index (χ0v) is 18.2. The van der Waals surface area contributed by atoms with Gasteiger partial charge in [0.25, 0.3) is 5.91 Å². The zero-order chi connectivity index (χ0) is 20.8. The molecule has 3 aromatic rings. The maximum Gasteiger partial charge on any atom is 0.254 e. The van der Waals surface area contributed by atoms with E-state index in [9.17, 15) is 4.79 Å². The highest BCUT2D eigenvalue weighted by Gasteiger charge is 2.17. The molecular formula is C22H23ClN2O3S. The molecule has 0 spiro atoms. The van der Waals surface area contributed by atoms with Crippen LogP contribution in [0.3, 0.4) is 0 Å². The van der Waals surface area contributed by atoms with Gasteiger partial charge in [0, 0.05) is 28.3 Å². The molecule has 1 heterocycles. The van der Waals surface area contributed by atoms with Gasteiger partial charge in [0.1, 0.15) is 18.1 Å². The fourth-order valence-corrected chi connectivity index (χ4v) is 4.09. The first kappa shape index (κ1) is 21.3. The Labute approximate surface area is 180 Å². The molecule has 0 saturated heterocycles. The van der Waals surface area contributed by atoms with E-state index >= 15 is 0 Å². The van der Waals surface area contributed by atoms with Gasteiger partial charge >= 0.3 is 0 Å². The summed E-state index contributed by atoms with van der Waals surface area (Å²) < 4.78 is 10.9. The number of thioether (sulfide) groups is 1. The van der Waals surface area contributed by atoms with Crippen molar-refractivity contribution in [1.82, 2.24) is 10.1 Å². The van der Waals surface area contributed by atoms with Crippen LogP contribution in [0.4, 0.5) is 0 Å². The van der Waals surface area contributed by atoms with Crippen molar-refractivity contribution in [2.24, 2.45) is 0 Å². The van der Waals surface area contributed by atoms with E-state index in [1.54, 1.807) is 35.8 Å². The first-order valence-corrected chi connectivity index (χ1v) is 10.6. The normalized spacial score (nSPS) is 10.8. The number of hydrogen-bond donors (Lipinski definition) is 0. The summed E-state index contributed by atoms with van der Waals surface area (Å²) in [5, 5.41) is 4.66. The lowest BCUT2D eigenvalue weighted by molar-refractivity contribution is 0.0770. The SMILES string of the molecule is Cc1noc(C)c1CSc1ccccc1C(=O)N(C)CCOc1ccc(Cl)cc1. The number of rotatable bonds is 8. The van der Waals surface area contributed by atoms with Gasteiger partial charge in [-0.05, 0) is 50.2 Å². The average Bonchev–Trinajstić information content (AvgIpc) is 3.05. The third-order valence-corrected chi connectivity index (χ3v) is 5.88. The second kappa shape index (κ2) is 9.85. The van der Waals surface area contributed by atoms with Crippen molar-refractivity contribution in [3.05, 3.63) is 76.1 Å². The number of aromatic nitrogens is 1. The molecule has 1 aromatic heterocycles. The van der Waals surface area contributed by atoms with E-state index in [1.165, 1.54) is 0 Å². The second-order valence-electron chi connectivity index (χ2n) is 6.62. The fraction of sp³-hybridized carbons (Fsp3) is 0.273. The Hall–Kier alpha value is -2.44. The topological polar surface area (TPSA) is 55.6 Å². The molecule has 2 aromatic carbocycles. The van der Waals surface area contributed by atoms with Crippen LogP contribution in [0.1, 0.15) is 27.4 Å². The number of ether oxygens (including phenoxy) is 1. The Bertz CT molecular complexity index is 953. The second-order valence-corrected chi connectivity index (χ2v) is 8.07. The predicted octanol–water partition coefficient (Wildman–Crippen LogP) is 5.39. The summed E-state index contributed by atoms with van der Waals surface area (Å²) >= 11 is 7.49. The van der Waals surface area contributed by atoms with Crippen LogP contribution in [0, 0.1) is 13.8 Å². The fourth-order valence-electron chi connectivity index (χ4n) is 2.77. The first-order valence-electron chi connectivity index (χ1n) is 9.23. The minimum Gasteiger partial charge on any atom is -0.492 e. The van der Waals surface area contributed by atoms with E-state index in [4.69, 9.17) is 20.9 Å². The summed E-state index contributed by atoms with van der Waals surface area (Å²) in [5.74, 6) is 2.21. The Morgan fingerprint density at radius 1 is 1.17 bits per heavy atom. The lowest BCUT2D eigenvalue weighted by Crippen LogP contribution is -2.31. The minimum absolute atomic E-state index is 0.0356. The summed E-state index contributed by atoms with van der Waals surface area (Å²) in [6.07, 6.45) is 0. The number of amides is 1. The lowest BCUT2D eigenvalue weighted by Gasteiger charge is -2.19. The third kappa shape index (κ3) is 5.55. The van der Waals surface area contributed by atoms with Crippen LogP contribution >= 0.6 is 23.4 Å². The molecule has 0 saturated carbocycles. The van der Waals surface area contributed by atoms with Crippen molar-refractivity contribution in [2.75, 3.05) is 20.2 Å². The molecule has 3 rings (SSSR count). The molecule has 0 bridgehead atoms. The van der Waals surface area contributed by atoms with Crippen LogP contribution in [0.15, 0.2) is 57.9 Å². The summed E-state index contributed by atoms with van der Waals surface area (Å²) in [6, 6.07) is 14.8. The van der Waals surface area contributed by atoms with E-state index in [1.807, 2.05) is 50.2 Å². The van der Waals surface area contributed by atoms with Gasteiger partial charge in [0.15, 0.2) is 0 Å². The van der Waals surface area contributed by atoms with E-state index in [0.29, 0.717) is 29.5 Å². The van der Waals surface area contributed by atoms with E-state index in [-0.39, 0.29) is 5.91 Å². The molecule has 29 heavy (non-hydrogen) atoms.